The third kappa shape index (κ3) is 7.68. The first-order chi connectivity index (χ1) is 19.4. The Balaban J connectivity index is 1.37. The molecule has 1 N–H and O–H groups in total. The molecule has 7 nitrogen and oxygen atoms in total. The second-order valence-electron chi connectivity index (χ2n) is 10.5. The van der Waals surface area contributed by atoms with Gasteiger partial charge in [0.1, 0.15) is 16.8 Å². The minimum atomic E-state index is -4.42. The summed E-state index contributed by atoms with van der Waals surface area (Å²) in [6.45, 7) is 7.55. The number of alkyl halides is 3. The lowest BCUT2D eigenvalue weighted by Gasteiger charge is -2.39. The van der Waals surface area contributed by atoms with Gasteiger partial charge in [-0.3, -0.25) is 4.79 Å². The third-order valence-corrected chi connectivity index (χ3v) is 7.96. The highest BCUT2D eigenvalue weighted by Gasteiger charge is 2.33. The van der Waals surface area contributed by atoms with Crippen LogP contribution in [0.15, 0.2) is 54.7 Å². The summed E-state index contributed by atoms with van der Waals surface area (Å²) in [7, 11) is 0. The van der Waals surface area contributed by atoms with E-state index in [9.17, 15) is 23.2 Å². The van der Waals surface area contributed by atoms with Crippen molar-refractivity contribution in [3.05, 3.63) is 93.0 Å². The van der Waals surface area contributed by atoms with E-state index >= 15 is 0 Å². The Morgan fingerprint density at radius 3 is 2.49 bits per heavy atom. The molecule has 0 saturated carbocycles. The number of benzene rings is 1. The van der Waals surface area contributed by atoms with Crippen LogP contribution in [0.25, 0.3) is 0 Å². The van der Waals surface area contributed by atoms with Crippen LogP contribution in [-0.4, -0.2) is 41.5 Å². The zero-order valence-electron chi connectivity index (χ0n) is 23.2. The van der Waals surface area contributed by atoms with Crippen molar-refractivity contribution >= 4 is 17.5 Å². The molecule has 3 heterocycles. The predicted octanol–water partition coefficient (Wildman–Crippen LogP) is 6.04. The summed E-state index contributed by atoms with van der Waals surface area (Å²) in [5.41, 5.74) is 1.47. The van der Waals surface area contributed by atoms with Gasteiger partial charge in [0.25, 0.3) is 5.91 Å². The van der Waals surface area contributed by atoms with Crippen molar-refractivity contribution < 1.29 is 27.4 Å². The Labute approximate surface area is 242 Å². The van der Waals surface area contributed by atoms with Crippen molar-refractivity contribution in [2.45, 2.75) is 58.4 Å². The summed E-state index contributed by atoms with van der Waals surface area (Å²) >= 11 is 6.04. The SMILES string of the molecule is Cc1cc[n+]([O-])c(C)c1C(=O)NCCC(C)N1CCC(C(Oc2cccc(Cl)n2)c2ccc(C(F)(F)F)cc2)CC1. The quantitative estimate of drug-likeness (QED) is 0.187. The Hall–Kier alpha value is -3.37. The lowest BCUT2D eigenvalue weighted by atomic mass is 9.86. The molecular formula is C30H34ClF3N4O3. The second-order valence-corrected chi connectivity index (χ2v) is 10.9. The average molecular weight is 591 g/mol. The van der Waals surface area contributed by atoms with Crippen LogP contribution in [0.2, 0.25) is 5.15 Å². The van der Waals surface area contributed by atoms with E-state index < -0.39 is 17.8 Å². The van der Waals surface area contributed by atoms with Gasteiger partial charge in [0.15, 0.2) is 6.20 Å². The van der Waals surface area contributed by atoms with Crippen LogP contribution in [-0.2, 0) is 6.18 Å². The molecule has 0 radical (unpaired) electrons. The minimum Gasteiger partial charge on any atom is -0.618 e. The molecule has 1 aliphatic rings. The molecule has 1 aromatic carbocycles. The lowest BCUT2D eigenvalue weighted by molar-refractivity contribution is -0.612. The van der Waals surface area contributed by atoms with Gasteiger partial charge in [-0.2, -0.15) is 17.9 Å². The standard InChI is InChI=1S/C30H34ClF3N4O3/c1-19-12-18-38(40)21(3)27(19)29(39)35-15-11-20(2)37-16-13-23(14-17-37)28(41-26-6-4-5-25(31)36-26)22-7-9-24(10-8-22)30(32,33)34/h4-10,12,18,20,23,28H,11,13-17H2,1-3H3,(H,35,39). The number of carbonyl (C=O) groups is 1. The van der Waals surface area contributed by atoms with E-state index in [1.807, 2.05) is 0 Å². The highest BCUT2D eigenvalue weighted by Crippen LogP contribution is 2.37. The first-order valence-corrected chi connectivity index (χ1v) is 14.0. The topological polar surface area (TPSA) is 81.4 Å². The Morgan fingerprint density at radius 2 is 1.85 bits per heavy atom. The summed E-state index contributed by atoms with van der Waals surface area (Å²) in [5, 5.41) is 15.1. The molecule has 11 heteroatoms. The molecule has 0 bridgehead atoms. The van der Waals surface area contributed by atoms with Crippen molar-refractivity contribution in [1.82, 2.24) is 15.2 Å². The molecule has 41 heavy (non-hydrogen) atoms. The van der Waals surface area contributed by atoms with Crippen LogP contribution < -0.4 is 14.8 Å². The van der Waals surface area contributed by atoms with E-state index in [0.717, 1.165) is 50.0 Å². The molecule has 1 amide bonds. The van der Waals surface area contributed by atoms with Crippen LogP contribution in [0.4, 0.5) is 13.2 Å². The molecule has 1 fully saturated rings. The van der Waals surface area contributed by atoms with Crippen molar-refractivity contribution in [3.63, 3.8) is 0 Å². The number of halogens is 4. The Kier molecular flexibility index (Phi) is 9.76. The predicted molar refractivity (Wildman–Crippen MR) is 150 cm³/mol. The van der Waals surface area contributed by atoms with Gasteiger partial charge in [-0.05, 0) is 75.5 Å². The summed E-state index contributed by atoms with van der Waals surface area (Å²) in [6, 6.07) is 12.0. The van der Waals surface area contributed by atoms with Crippen molar-refractivity contribution in [1.29, 1.82) is 0 Å². The normalized spacial score (nSPS) is 16.3. The number of amides is 1. The minimum absolute atomic E-state index is 0.0542. The molecule has 3 aromatic rings. The number of piperidine rings is 1. The van der Waals surface area contributed by atoms with Gasteiger partial charge in [0, 0.05) is 37.6 Å². The second kappa shape index (κ2) is 13.1. The molecule has 0 aliphatic carbocycles. The smallest absolute Gasteiger partial charge is 0.416 e. The molecule has 2 aromatic heterocycles. The largest absolute Gasteiger partial charge is 0.618 e. The summed E-state index contributed by atoms with van der Waals surface area (Å²) in [5.74, 6) is 0.112. The van der Waals surface area contributed by atoms with Gasteiger partial charge in [-0.1, -0.05) is 29.8 Å². The fourth-order valence-electron chi connectivity index (χ4n) is 5.33. The van der Waals surface area contributed by atoms with E-state index in [1.54, 1.807) is 38.1 Å². The fourth-order valence-corrected chi connectivity index (χ4v) is 5.48. The molecule has 4 rings (SSSR count). The van der Waals surface area contributed by atoms with Gasteiger partial charge in [0.2, 0.25) is 11.6 Å². The Bertz CT molecular complexity index is 1350. The number of hydrogen-bond donors (Lipinski definition) is 1. The number of nitrogens with zero attached hydrogens (tertiary/aromatic N) is 3. The first-order valence-electron chi connectivity index (χ1n) is 13.6. The average Bonchev–Trinajstić information content (AvgIpc) is 2.94. The molecule has 0 spiro atoms. The summed E-state index contributed by atoms with van der Waals surface area (Å²) in [4.78, 5) is 19.3. The van der Waals surface area contributed by atoms with E-state index in [0.29, 0.717) is 34.0 Å². The van der Waals surface area contributed by atoms with E-state index in [2.05, 4.69) is 22.1 Å². The van der Waals surface area contributed by atoms with Crippen LogP contribution in [0.5, 0.6) is 5.88 Å². The van der Waals surface area contributed by atoms with Gasteiger partial charge in [-0.25, -0.2) is 4.98 Å². The number of aromatic nitrogens is 2. The molecule has 1 aliphatic heterocycles. The maximum atomic E-state index is 13.2. The maximum absolute atomic E-state index is 13.2. The summed E-state index contributed by atoms with van der Waals surface area (Å²) in [6.07, 6.45) is -1.23. The number of carbonyl (C=O) groups excluding carboxylic acids is 1. The van der Waals surface area contributed by atoms with Crippen molar-refractivity contribution in [3.8, 4) is 5.88 Å². The number of rotatable bonds is 9. The lowest BCUT2D eigenvalue weighted by Crippen LogP contribution is -2.43. The number of nitrogens with one attached hydrogen (secondary N) is 1. The number of ether oxygens (including phenoxy) is 1. The van der Waals surface area contributed by atoms with Crippen molar-refractivity contribution in [2.24, 2.45) is 5.92 Å². The van der Waals surface area contributed by atoms with E-state index in [-0.39, 0.29) is 23.0 Å². The third-order valence-electron chi connectivity index (χ3n) is 7.75. The zero-order valence-corrected chi connectivity index (χ0v) is 24.0. The zero-order chi connectivity index (χ0) is 29.7. The van der Waals surface area contributed by atoms with Gasteiger partial charge < -0.3 is 20.2 Å². The van der Waals surface area contributed by atoms with Crippen LogP contribution in [0, 0.1) is 25.0 Å². The number of likely N-dealkylation sites (tertiary alicyclic amines) is 1. The molecule has 2 unspecified atom stereocenters. The maximum Gasteiger partial charge on any atom is 0.416 e. The molecule has 2 atom stereocenters. The van der Waals surface area contributed by atoms with Gasteiger partial charge >= 0.3 is 6.18 Å². The summed E-state index contributed by atoms with van der Waals surface area (Å²) < 4.78 is 46.4. The number of pyridine rings is 2. The number of aryl methyl sites for hydroxylation is 1. The van der Waals surface area contributed by atoms with Crippen LogP contribution >= 0.6 is 11.6 Å². The Morgan fingerprint density at radius 1 is 1.17 bits per heavy atom. The van der Waals surface area contributed by atoms with Gasteiger partial charge in [0.05, 0.1) is 5.56 Å². The fraction of sp³-hybridized carbons (Fsp3) is 0.433. The van der Waals surface area contributed by atoms with Crippen molar-refractivity contribution in [2.75, 3.05) is 19.6 Å². The van der Waals surface area contributed by atoms with Gasteiger partial charge in [-0.15, -0.1) is 0 Å². The van der Waals surface area contributed by atoms with Crippen LogP contribution in [0.3, 0.4) is 0 Å². The monoisotopic (exact) mass is 590 g/mol. The highest BCUT2D eigenvalue weighted by atomic mass is 35.5. The van der Waals surface area contributed by atoms with E-state index in [4.69, 9.17) is 16.3 Å². The number of hydrogen-bond acceptors (Lipinski definition) is 5. The highest BCUT2D eigenvalue weighted by molar-refractivity contribution is 6.29. The molecule has 1 saturated heterocycles. The first kappa shape index (κ1) is 30.6. The van der Waals surface area contributed by atoms with E-state index in [1.165, 1.54) is 18.3 Å². The molecule has 220 valence electrons. The van der Waals surface area contributed by atoms with Crippen LogP contribution in [0.1, 0.15) is 65.0 Å². The molecular weight excluding hydrogens is 557 g/mol.